The molecule has 47 heavy (non-hydrogen) atoms. The Hall–Kier alpha value is -0.930. The molecule has 0 spiro atoms. The minimum absolute atomic E-state index is 0.392. The van der Waals surface area contributed by atoms with E-state index >= 15 is 0 Å². The van der Waals surface area contributed by atoms with Crippen LogP contribution in [0.1, 0.15) is 12.5 Å². The standard InChI is InChI=1S/C9H13N2O9P.C9H13N2O7PS2.H3O2PS2/c12-5-1-2-11(9(15)10-5)8-7(14)6(13)4(20-8)3-19-21(16,17)18;12-5-1-2-11(9(15)10-5)8-7(14)6(13)4(18-8)3-17-19(16,20)21;1-3(2,4)5/h1-2,4,6-8,13-14H,3H2,(H,10,12,15)(H2,16,17,18);1-2,4,6-8,13-14H,3H2,(H,10,12,15)(H2,16,20,21);(H3,1,2,4,5)/p-6/t2*4-,6+,7?,8-;/m11./s1. The summed E-state index contributed by atoms with van der Waals surface area (Å²) in [5.74, 6) is 0. The lowest BCUT2D eigenvalue weighted by Crippen LogP contribution is -2.37. The summed E-state index contributed by atoms with van der Waals surface area (Å²) in [6.07, 6.45) is -8.85. The zero-order chi connectivity index (χ0) is 36.1. The molecule has 4 unspecified atom stereocenters. The number of nitrogens with zero attached hydrogens (tertiary/aromatic N) is 2. The third-order valence-corrected chi connectivity index (χ3v) is 7.28. The molecule has 2 saturated heterocycles. The van der Waals surface area contributed by atoms with Crippen molar-refractivity contribution in [1.82, 2.24) is 19.1 Å². The Bertz CT molecular complexity index is 1610. The van der Waals surface area contributed by atoms with Gasteiger partial charge >= 0.3 is 11.4 Å². The number of aromatic nitrogens is 4. The molecule has 0 bridgehead atoms. The summed E-state index contributed by atoms with van der Waals surface area (Å²) in [6.45, 7) is -1.20. The Morgan fingerprint density at radius 2 is 1.11 bits per heavy atom. The molecule has 2 aliphatic heterocycles. The zero-order valence-corrected chi connectivity index (χ0v) is 28.7. The first-order chi connectivity index (χ1) is 21.4. The van der Waals surface area contributed by atoms with Crippen LogP contribution in [0.5, 0.6) is 0 Å². The molecule has 2 aliphatic rings. The summed E-state index contributed by atoms with van der Waals surface area (Å²) < 4.78 is 31.2. The van der Waals surface area contributed by atoms with Gasteiger partial charge in [0, 0.05) is 24.5 Å². The van der Waals surface area contributed by atoms with Crippen molar-refractivity contribution in [2.24, 2.45) is 0 Å². The summed E-state index contributed by atoms with van der Waals surface area (Å²) in [5.41, 5.74) is -10.0. The van der Waals surface area contributed by atoms with Gasteiger partial charge in [0.1, 0.15) is 36.6 Å². The van der Waals surface area contributed by atoms with E-state index < -0.39 is 104 Å². The van der Waals surface area contributed by atoms with Crippen LogP contribution in [0.3, 0.4) is 0 Å². The molecule has 4 heterocycles. The topological polar surface area (TPSA) is 357 Å². The summed E-state index contributed by atoms with van der Waals surface area (Å²) in [7, 11) is -5.26. The Morgan fingerprint density at radius 3 is 1.40 bits per heavy atom. The zero-order valence-electron chi connectivity index (χ0n) is 22.8. The largest absolute Gasteiger partial charge is 0.819 e. The molecule has 10 atom stereocenters. The second kappa shape index (κ2) is 17.3. The van der Waals surface area contributed by atoms with Crippen molar-refractivity contribution >= 4 is 67.3 Å². The normalized spacial score (nSPS) is 29.9. The first-order valence-corrected chi connectivity index (χ1v) is 20.9. The lowest BCUT2D eigenvalue weighted by Gasteiger charge is -2.36. The number of hydrogen-bond donors (Lipinski definition) is 7. The number of nitrogens with one attached hydrogen (secondary N) is 2. The highest BCUT2D eigenvalue weighted by molar-refractivity contribution is 8.50. The lowest BCUT2D eigenvalue weighted by atomic mass is 10.1. The molecule has 2 fully saturated rings. The van der Waals surface area contributed by atoms with E-state index in [2.05, 4.69) is 52.6 Å². The number of aliphatic hydroxyl groups is 4. The van der Waals surface area contributed by atoms with E-state index in [0.29, 0.717) is 0 Å². The van der Waals surface area contributed by atoms with Gasteiger partial charge in [-0.05, 0) is 0 Å². The molecule has 0 amide bonds. The molecular formula is C18H23N4O18P3S4-6. The quantitative estimate of drug-likeness (QED) is 0.0962. The molecule has 7 N–H and O–H groups in total. The molecule has 0 radical (unpaired) electrons. The van der Waals surface area contributed by atoms with Crippen molar-refractivity contribution in [2.75, 3.05) is 13.2 Å². The number of aromatic amines is 2. The van der Waals surface area contributed by atoms with Gasteiger partial charge in [-0.1, -0.05) is 0 Å². The highest BCUT2D eigenvalue weighted by atomic mass is 32.9. The predicted octanol–water partition coefficient (Wildman–Crippen LogP) is -7.58. The van der Waals surface area contributed by atoms with Crippen LogP contribution in [-0.4, -0.2) is 94.3 Å². The number of rotatable bonds is 8. The maximum atomic E-state index is 11.6. The van der Waals surface area contributed by atoms with E-state index in [1.165, 1.54) is 0 Å². The van der Waals surface area contributed by atoms with E-state index in [0.717, 1.165) is 33.7 Å². The summed E-state index contributed by atoms with van der Waals surface area (Å²) >= 11 is 16.3. The van der Waals surface area contributed by atoms with Crippen LogP contribution in [0.25, 0.3) is 0 Å². The van der Waals surface area contributed by atoms with Crippen molar-refractivity contribution in [1.29, 1.82) is 0 Å². The maximum Gasteiger partial charge on any atom is 0.330 e. The van der Waals surface area contributed by atoms with Gasteiger partial charge in [0.25, 0.3) is 11.1 Å². The van der Waals surface area contributed by atoms with Gasteiger partial charge in [-0.15, -0.1) is 35.0 Å². The fraction of sp³-hybridized carbons (Fsp3) is 0.556. The molecule has 2 aromatic heterocycles. The van der Waals surface area contributed by atoms with Crippen molar-refractivity contribution in [2.45, 2.75) is 49.1 Å². The van der Waals surface area contributed by atoms with Crippen molar-refractivity contribution in [3.05, 3.63) is 66.2 Å². The van der Waals surface area contributed by atoms with Gasteiger partial charge in [0.15, 0.2) is 12.5 Å². The van der Waals surface area contributed by atoms with Gasteiger partial charge < -0.3 is 92.5 Å². The van der Waals surface area contributed by atoms with Crippen LogP contribution in [0.4, 0.5) is 0 Å². The van der Waals surface area contributed by atoms with Gasteiger partial charge in [-0.2, -0.15) is 0 Å². The van der Waals surface area contributed by atoms with Crippen molar-refractivity contribution < 1.29 is 68.0 Å². The van der Waals surface area contributed by atoms with Crippen LogP contribution in [0.15, 0.2) is 43.7 Å². The molecule has 22 nitrogen and oxygen atoms in total. The van der Waals surface area contributed by atoms with Crippen LogP contribution in [0.2, 0.25) is 0 Å². The number of phosphoric acid groups is 1. The molecule has 0 saturated carbocycles. The Labute approximate surface area is 282 Å². The minimum Gasteiger partial charge on any atom is -0.819 e. The molecular weight excluding hydrogens is 781 g/mol. The monoisotopic (exact) mass is 804 g/mol. The number of H-pyrrole nitrogens is 2. The SMILES string of the molecule is O=c1ccn([C@@H]2O[C@H](COP(=O)([O-])[O-])[C@H](O)C2O)c(=O)[nH]1.O=c1ccn([C@@H]2O[C@H](COP([O-])(=S)[S-])[C@H](O)C2O)c(=O)[nH]1.[O-]P(O)(=S)[S-]. The third kappa shape index (κ3) is 14.1. The van der Waals surface area contributed by atoms with E-state index in [1.54, 1.807) is 0 Å². The smallest absolute Gasteiger partial charge is 0.330 e. The highest BCUT2D eigenvalue weighted by Crippen LogP contribution is 2.36. The first-order valence-electron chi connectivity index (χ1n) is 12.1. The summed E-state index contributed by atoms with van der Waals surface area (Å²) in [6, 6.07) is 2.06. The Balaban J connectivity index is 0.000000286. The predicted molar refractivity (Wildman–Crippen MR) is 160 cm³/mol. The van der Waals surface area contributed by atoms with E-state index in [4.69, 9.17) is 18.9 Å². The minimum atomic E-state index is -5.26. The fourth-order valence-electron chi connectivity index (χ4n) is 3.78. The van der Waals surface area contributed by atoms with Crippen LogP contribution in [-0.2, 0) is 71.2 Å². The number of phosphoric ester groups is 1. The highest BCUT2D eigenvalue weighted by Gasteiger charge is 2.45. The van der Waals surface area contributed by atoms with Crippen molar-refractivity contribution in [3.63, 3.8) is 0 Å². The molecule has 29 heteroatoms. The van der Waals surface area contributed by atoms with Gasteiger partial charge in [0.2, 0.25) is 0 Å². The second-order valence-corrected chi connectivity index (χ2v) is 19.6. The molecule has 268 valence electrons. The molecule has 2 aromatic rings. The van der Waals surface area contributed by atoms with Crippen molar-refractivity contribution in [3.8, 4) is 0 Å². The van der Waals surface area contributed by atoms with Gasteiger partial charge in [0.05, 0.1) is 21.0 Å². The first kappa shape index (κ1) is 42.2. The molecule has 0 aromatic carbocycles. The number of hydrogen-bond acceptors (Lipinski definition) is 21. The molecule has 0 aliphatic carbocycles. The fourth-order valence-corrected chi connectivity index (χ4v) is 4.80. The maximum absolute atomic E-state index is 11.6. The summed E-state index contributed by atoms with van der Waals surface area (Å²) in [4.78, 5) is 98.0. The second-order valence-electron chi connectivity index (χ2n) is 9.08. The summed E-state index contributed by atoms with van der Waals surface area (Å²) in [5, 5.41) is 39.2. The van der Waals surface area contributed by atoms with E-state index in [1.807, 2.05) is 9.97 Å². The van der Waals surface area contributed by atoms with E-state index in [-0.39, 0.29) is 0 Å². The molecule has 4 rings (SSSR count). The number of ether oxygens (including phenoxy) is 2. The number of aliphatic hydroxyl groups excluding tert-OH is 4. The average Bonchev–Trinajstić information content (AvgIpc) is 3.35. The lowest BCUT2D eigenvalue weighted by molar-refractivity contribution is -0.343. The third-order valence-electron chi connectivity index (χ3n) is 5.72. The van der Waals surface area contributed by atoms with Gasteiger partial charge in [-0.25, -0.2) is 9.59 Å². The average molecular weight is 805 g/mol. The van der Waals surface area contributed by atoms with E-state index in [9.17, 15) is 63.7 Å². The van der Waals surface area contributed by atoms with Crippen LogP contribution < -0.4 is 42.1 Å². The van der Waals surface area contributed by atoms with Gasteiger partial charge in [-0.3, -0.25) is 28.7 Å². The van der Waals surface area contributed by atoms with Crippen LogP contribution >= 0.6 is 19.2 Å². The Morgan fingerprint density at radius 1 is 0.766 bits per heavy atom. The van der Waals surface area contributed by atoms with Crippen LogP contribution in [0, 0.1) is 0 Å². The Kier molecular flexibility index (Phi) is 15.6.